The number of hydrogen-bond donors (Lipinski definition) is 2. The van der Waals surface area contributed by atoms with E-state index < -0.39 is 5.82 Å². The summed E-state index contributed by atoms with van der Waals surface area (Å²) in [6, 6.07) is 6.02. The van der Waals surface area contributed by atoms with Gasteiger partial charge in [0.1, 0.15) is 5.82 Å². The van der Waals surface area contributed by atoms with Crippen molar-refractivity contribution in [2.45, 2.75) is 19.3 Å². The van der Waals surface area contributed by atoms with Crippen LogP contribution in [0.5, 0.6) is 0 Å². The van der Waals surface area contributed by atoms with Gasteiger partial charge in [0, 0.05) is 13.1 Å². The van der Waals surface area contributed by atoms with E-state index in [0.29, 0.717) is 19.0 Å². The van der Waals surface area contributed by atoms with Gasteiger partial charge < -0.3 is 10.6 Å². The van der Waals surface area contributed by atoms with Crippen molar-refractivity contribution in [3.05, 3.63) is 47.8 Å². The van der Waals surface area contributed by atoms with Crippen molar-refractivity contribution in [3.8, 4) is 0 Å². The molecule has 0 aromatic heterocycles. The zero-order valence-electron chi connectivity index (χ0n) is 11.6. The lowest BCUT2D eigenvalue weighted by molar-refractivity contribution is 0.0950. The summed E-state index contributed by atoms with van der Waals surface area (Å²) in [5.41, 5.74) is 0.102. The Balaban J connectivity index is 1.62. The molecule has 4 heteroatoms. The maximum atomic E-state index is 13.4. The van der Waals surface area contributed by atoms with E-state index in [9.17, 15) is 9.18 Å². The molecule has 1 unspecified atom stereocenters. The Morgan fingerprint density at radius 1 is 1.25 bits per heavy atom. The molecule has 1 aliphatic carbocycles. The van der Waals surface area contributed by atoms with E-state index in [1.54, 1.807) is 12.1 Å². The van der Waals surface area contributed by atoms with Gasteiger partial charge in [0.05, 0.1) is 5.56 Å². The zero-order valence-corrected chi connectivity index (χ0v) is 11.6. The van der Waals surface area contributed by atoms with Crippen molar-refractivity contribution in [2.75, 3.05) is 19.6 Å². The van der Waals surface area contributed by atoms with Gasteiger partial charge in [-0.3, -0.25) is 4.79 Å². The summed E-state index contributed by atoms with van der Waals surface area (Å²) in [6.07, 6.45) is 7.98. The molecule has 2 N–H and O–H groups in total. The van der Waals surface area contributed by atoms with Crippen LogP contribution in [0.1, 0.15) is 29.6 Å². The molecule has 1 aliphatic rings. The minimum atomic E-state index is -0.480. The summed E-state index contributed by atoms with van der Waals surface area (Å²) in [7, 11) is 0. The fourth-order valence-corrected chi connectivity index (χ4v) is 2.35. The van der Waals surface area contributed by atoms with Gasteiger partial charge in [-0.15, -0.1) is 0 Å². The first-order chi connectivity index (χ1) is 9.77. The van der Waals surface area contributed by atoms with Crippen molar-refractivity contribution >= 4 is 5.91 Å². The summed E-state index contributed by atoms with van der Waals surface area (Å²) >= 11 is 0. The highest BCUT2D eigenvalue weighted by molar-refractivity contribution is 5.94. The smallest absolute Gasteiger partial charge is 0.254 e. The van der Waals surface area contributed by atoms with Gasteiger partial charge in [0.2, 0.25) is 0 Å². The number of amides is 1. The second-order valence-corrected chi connectivity index (χ2v) is 5.09. The molecule has 0 saturated carbocycles. The Bertz CT molecular complexity index is 473. The van der Waals surface area contributed by atoms with Crippen LogP contribution >= 0.6 is 0 Å². The maximum absolute atomic E-state index is 13.4. The molecule has 0 saturated heterocycles. The number of halogens is 1. The molecule has 0 bridgehead atoms. The Morgan fingerprint density at radius 3 is 2.85 bits per heavy atom. The molecule has 2 rings (SSSR count). The minimum Gasteiger partial charge on any atom is -0.351 e. The van der Waals surface area contributed by atoms with E-state index in [4.69, 9.17) is 0 Å². The monoisotopic (exact) mass is 276 g/mol. The van der Waals surface area contributed by atoms with E-state index in [2.05, 4.69) is 22.8 Å². The summed E-state index contributed by atoms with van der Waals surface area (Å²) in [6.45, 7) is 2.19. The standard InChI is InChI=1S/C16H21FN2O/c17-15-9-5-4-8-14(15)16(20)19-11-10-18-12-13-6-2-1-3-7-13/h1-2,4-5,8-9,13,18H,3,6-7,10-12H2,(H,19,20). The maximum Gasteiger partial charge on any atom is 0.254 e. The number of hydrogen-bond acceptors (Lipinski definition) is 2. The van der Waals surface area contributed by atoms with E-state index in [-0.39, 0.29) is 11.5 Å². The highest BCUT2D eigenvalue weighted by Gasteiger charge is 2.10. The number of rotatable bonds is 6. The van der Waals surface area contributed by atoms with Gasteiger partial charge in [0.25, 0.3) is 5.91 Å². The normalized spacial score (nSPS) is 17.9. The second-order valence-electron chi connectivity index (χ2n) is 5.09. The molecule has 0 radical (unpaired) electrons. The fourth-order valence-electron chi connectivity index (χ4n) is 2.35. The minimum absolute atomic E-state index is 0.102. The van der Waals surface area contributed by atoms with E-state index in [1.165, 1.54) is 18.6 Å². The highest BCUT2D eigenvalue weighted by Crippen LogP contribution is 2.16. The van der Waals surface area contributed by atoms with Crippen molar-refractivity contribution in [1.29, 1.82) is 0 Å². The Kier molecular flexibility index (Phi) is 5.74. The van der Waals surface area contributed by atoms with Crippen LogP contribution < -0.4 is 10.6 Å². The fraction of sp³-hybridized carbons (Fsp3) is 0.438. The van der Waals surface area contributed by atoms with E-state index >= 15 is 0 Å². The third-order valence-corrected chi connectivity index (χ3v) is 3.52. The molecule has 0 spiro atoms. The lowest BCUT2D eigenvalue weighted by atomic mass is 9.94. The molecule has 108 valence electrons. The van der Waals surface area contributed by atoms with Gasteiger partial charge in [-0.05, 0) is 43.9 Å². The first kappa shape index (κ1) is 14.7. The van der Waals surface area contributed by atoms with Crippen LogP contribution in [0.3, 0.4) is 0 Å². The molecule has 1 aromatic rings. The molecule has 0 heterocycles. The van der Waals surface area contributed by atoms with E-state index in [1.807, 2.05) is 0 Å². The van der Waals surface area contributed by atoms with Crippen LogP contribution in [0, 0.1) is 11.7 Å². The summed E-state index contributed by atoms with van der Waals surface area (Å²) in [4.78, 5) is 11.7. The average Bonchev–Trinajstić information content (AvgIpc) is 2.48. The predicted molar refractivity (Wildman–Crippen MR) is 78.1 cm³/mol. The molecular formula is C16H21FN2O. The van der Waals surface area contributed by atoms with Crippen LogP contribution in [-0.2, 0) is 0 Å². The largest absolute Gasteiger partial charge is 0.351 e. The predicted octanol–water partition coefficient (Wildman–Crippen LogP) is 2.50. The summed E-state index contributed by atoms with van der Waals surface area (Å²) < 4.78 is 13.4. The average molecular weight is 276 g/mol. The van der Waals surface area contributed by atoms with Crippen LogP contribution in [0.4, 0.5) is 4.39 Å². The van der Waals surface area contributed by atoms with Gasteiger partial charge >= 0.3 is 0 Å². The molecule has 0 fully saturated rings. The van der Waals surface area contributed by atoms with Gasteiger partial charge in [-0.25, -0.2) is 4.39 Å². The van der Waals surface area contributed by atoms with Crippen LogP contribution in [-0.4, -0.2) is 25.5 Å². The molecule has 1 aromatic carbocycles. The molecule has 1 amide bonds. The van der Waals surface area contributed by atoms with Gasteiger partial charge in [0.15, 0.2) is 0 Å². The Labute approximate surface area is 119 Å². The van der Waals surface area contributed by atoms with Gasteiger partial charge in [-0.1, -0.05) is 24.3 Å². The molecule has 0 aliphatic heterocycles. The van der Waals surface area contributed by atoms with Crippen molar-refractivity contribution in [3.63, 3.8) is 0 Å². The summed E-state index contributed by atoms with van der Waals surface area (Å²) in [5.74, 6) is -0.139. The van der Waals surface area contributed by atoms with Crippen LogP contribution in [0.25, 0.3) is 0 Å². The van der Waals surface area contributed by atoms with Crippen LogP contribution in [0.2, 0.25) is 0 Å². The van der Waals surface area contributed by atoms with Crippen molar-refractivity contribution in [1.82, 2.24) is 10.6 Å². The van der Waals surface area contributed by atoms with Crippen molar-refractivity contribution in [2.24, 2.45) is 5.92 Å². The quantitative estimate of drug-likeness (QED) is 0.619. The lowest BCUT2D eigenvalue weighted by Gasteiger charge is -2.18. The zero-order chi connectivity index (χ0) is 14.2. The number of carbonyl (C=O) groups is 1. The number of nitrogens with one attached hydrogen (secondary N) is 2. The second kappa shape index (κ2) is 7.80. The first-order valence-corrected chi connectivity index (χ1v) is 7.16. The number of carbonyl (C=O) groups excluding carboxylic acids is 1. The lowest BCUT2D eigenvalue weighted by Crippen LogP contribution is -2.34. The third kappa shape index (κ3) is 4.46. The highest BCUT2D eigenvalue weighted by atomic mass is 19.1. The number of benzene rings is 1. The van der Waals surface area contributed by atoms with Crippen LogP contribution in [0.15, 0.2) is 36.4 Å². The van der Waals surface area contributed by atoms with E-state index in [0.717, 1.165) is 19.4 Å². The molecular weight excluding hydrogens is 255 g/mol. The SMILES string of the molecule is O=C(NCCNCC1CC=CCC1)c1ccccc1F. The molecule has 20 heavy (non-hydrogen) atoms. The molecule has 3 nitrogen and oxygen atoms in total. The molecule has 1 atom stereocenters. The van der Waals surface area contributed by atoms with Crippen molar-refractivity contribution < 1.29 is 9.18 Å². The Morgan fingerprint density at radius 2 is 2.10 bits per heavy atom. The summed E-state index contributed by atoms with van der Waals surface area (Å²) in [5, 5.41) is 6.06. The topological polar surface area (TPSA) is 41.1 Å². The first-order valence-electron chi connectivity index (χ1n) is 7.16. The number of allylic oxidation sites excluding steroid dienone is 2. The third-order valence-electron chi connectivity index (χ3n) is 3.52. The Hall–Kier alpha value is -1.68. The van der Waals surface area contributed by atoms with Gasteiger partial charge in [-0.2, -0.15) is 0 Å².